The third kappa shape index (κ3) is 2.53. The molecule has 1 heterocycles. The molecule has 0 radical (unpaired) electrons. The van der Waals surface area contributed by atoms with E-state index in [1.165, 1.54) is 0 Å². The zero-order valence-corrected chi connectivity index (χ0v) is 9.23. The van der Waals surface area contributed by atoms with E-state index in [2.05, 4.69) is 10.3 Å². The SMILES string of the molecule is CCc1cnc(CNc2ccc(N)cc2)o1. The summed E-state index contributed by atoms with van der Waals surface area (Å²) < 4.78 is 5.48. The van der Waals surface area contributed by atoms with Crippen LogP contribution in [-0.2, 0) is 13.0 Å². The van der Waals surface area contributed by atoms with Crippen LogP contribution in [0, 0.1) is 0 Å². The van der Waals surface area contributed by atoms with Crippen molar-refractivity contribution in [2.45, 2.75) is 19.9 Å². The number of hydrogen-bond acceptors (Lipinski definition) is 4. The molecule has 84 valence electrons. The number of nitrogens with one attached hydrogen (secondary N) is 1. The summed E-state index contributed by atoms with van der Waals surface area (Å²) in [6.07, 6.45) is 2.63. The normalized spacial score (nSPS) is 10.3. The molecule has 2 rings (SSSR count). The molecule has 0 unspecified atom stereocenters. The van der Waals surface area contributed by atoms with E-state index in [0.717, 1.165) is 23.6 Å². The maximum Gasteiger partial charge on any atom is 0.213 e. The molecular formula is C12H15N3O. The Morgan fingerprint density at radius 1 is 1.31 bits per heavy atom. The number of oxazole rings is 1. The van der Waals surface area contributed by atoms with Crippen molar-refractivity contribution in [3.63, 3.8) is 0 Å². The van der Waals surface area contributed by atoms with Crippen molar-refractivity contribution in [1.29, 1.82) is 0 Å². The molecule has 0 saturated heterocycles. The molecule has 0 fully saturated rings. The molecule has 3 N–H and O–H groups in total. The van der Waals surface area contributed by atoms with Crippen molar-refractivity contribution < 1.29 is 4.42 Å². The number of aryl methyl sites for hydroxylation is 1. The number of hydrogen-bond donors (Lipinski definition) is 2. The molecular weight excluding hydrogens is 202 g/mol. The lowest BCUT2D eigenvalue weighted by Crippen LogP contribution is -1.99. The molecule has 0 saturated carbocycles. The van der Waals surface area contributed by atoms with Gasteiger partial charge in [-0.2, -0.15) is 0 Å². The van der Waals surface area contributed by atoms with E-state index in [-0.39, 0.29) is 0 Å². The van der Waals surface area contributed by atoms with Gasteiger partial charge in [-0.15, -0.1) is 0 Å². The van der Waals surface area contributed by atoms with Gasteiger partial charge >= 0.3 is 0 Å². The van der Waals surface area contributed by atoms with Crippen LogP contribution in [0.15, 0.2) is 34.9 Å². The summed E-state index contributed by atoms with van der Waals surface area (Å²) in [5, 5.41) is 3.21. The first kappa shape index (κ1) is 10.5. The van der Waals surface area contributed by atoms with Crippen LogP contribution >= 0.6 is 0 Å². The van der Waals surface area contributed by atoms with E-state index < -0.39 is 0 Å². The lowest BCUT2D eigenvalue weighted by atomic mass is 10.3. The van der Waals surface area contributed by atoms with Gasteiger partial charge in [-0.1, -0.05) is 6.92 Å². The molecule has 0 aliphatic heterocycles. The Labute approximate surface area is 94.5 Å². The highest BCUT2D eigenvalue weighted by atomic mass is 16.4. The molecule has 16 heavy (non-hydrogen) atoms. The van der Waals surface area contributed by atoms with Crippen LogP contribution in [0.2, 0.25) is 0 Å². The zero-order valence-electron chi connectivity index (χ0n) is 9.23. The summed E-state index contributed by atoms with van der Waals surface area (Å²) in [5.41, 5.74) is 7.36. The van der Waals surface area contributed by atoms with E-state index in [1.54, 1.807) is 6.20 Å². The van der Waals surface area contributed by atoms with Crippen molar-refractivity contribution in [3.8, 4) is 0 Å². The van der Waals surface area contributed by atoms with Gasteiger partial charge in [0.2, 0.25) is 5.89 Å². The Morgan fingerprint density at radius 2 is 2.06 bits per heavy atom. The summed E-state index contributed by atoms with van der Waals surface area (Å²) in [5.74, 6) is 1.61. The first-order valence-electron chi connectivity index (χ1n) is 5.31. The molecule has 0 bridgehead atoms. The summed E-state index contributed by atoms with van der Waals surface area (Å²) >= 11 is 0. The van der Waals surface area contributed by atoms with Crippen LogP contribution in [0.4, 0.5) is 11.4 Å². The van der Waals surface area contributed by atoms with Crippen LogP contribution in [-0.4, -0.2) is 4.98 Å². The fraction of sp³-hybridized carbons (Fsp3) is 0.250. The van der Waals surface area contributed by atoms with Gasteiger partial charge in [-0.05, 0) is 24.3 Å². The average molecular weight is 217 g/mol. The Bertz CT molecular complexity index is 448. The van der Waals surface area contributed by atoms with E-state index in [9.17, 15) is 0 Å². The molecule has 0 aliphatic rings. The van der Waals surface area contributed by atoms with Gasteiger partial charge < -0.3 is 15.5 Å². The minimum atomic E-state index is 0.587. The van der Waals surface area contributed by atoms with Crippen LogP contribution < -0.4 is 11.1 Å². The lowest BCUT2D eigenvalue weighted by molar-refractivity contribution is 0.466. The quantitative estimate of drug-likeness (QED) is 0.772. The number of rotatable bonds is 4. The summed E-state index contributed by atoms with van der Waals surface area (Å²) in [6.45, 7) is 2.63. The molecule has 0 atom stereocenters. The number of anilines is 2. The van der Waals surface area contributed by atoms with Crippen molar-refractivity contribution in [2.75, 3.05) is 11.1 Å². The second-order valence-electron chi connectivity index (χ2n) is 3.55. The number of aromatic nitrogens is 1. The van der Waals surface area contributed by atoms with Crippen LogP contribution in [0.25, 0.3) is 0 Å². The smallest absolute Gasteiger partial charge is 0.213 e. The standard InChI is InChI=1S/C12H15N3O/c1-2-11-7-15-12(16-11)8-14-10-5-3-9(13)4-6-10/h3-7,14H,2,8,13H2,1H3. The summed E-state index contributed by atoms with van der Waals surface area (Å²) in [6, 6.07) is 7.57. The van der Waals surface area contributed by atoms with Crippen LogP contribution in [0.5, 0.6) is 0 Å². The Hall–Kier alpha value is -1.97. The van der Waals surface area contributed by atoms with E-state index in [0.29, 0.717) is 12.4 Å². The number of nitrogens with two attached hydrogens (primary N) is 1. The highest BCUT2D eigenvalue weighted by molar-refractivity contribution is 5.51. The molecule has 1 aromatic carbocycles. The van der Waals surface area contributed by atoms with Crippen LogP contribution in [0.3, 0.4) is 0 Å². The van der Waals surface area contributed by atoms with Gasteiger partial charge in [-0.25, -0.2) is 4.98 Å². The minimum absolute atomic E-state index is 0.587. The molecule has 0 spiro atoms. The first-order chi connectivity index (χ1) is 7.78. The highest BCUT2D eigenvalue weighted by Crippen LogP contribution is 2.12. The molecule has 0 aliphatic carbocycles. The predicted molar refractivity (Wildman–Crippen MR) is 64.1 cm³/mol. The minimum Gasteiger partial charge on any atom is -0.444 e. The highest BCUT2D eigenvalue weighted by Gasteiger charge is 2.01. The van der Waals surface area contributed by atoms with Gasteiger partial charge in [0.05, 0.1) is 12.7 Å². The average Bonchev–Trinajstić information content (AvgIpc) is 2.76. The van der Waals surface area contributed by atoms with Gasteiger partial charge in [0.1, 0.15) is 5.76 Å². The van der Waals surface area contributed by atoms with E-state index in [1.807, 2.05) is 31.2 Å². The fourth-order valence-corrected chi connectivity index (χ4v) is 1.37. The largest absolute Gasteiger partial charge is 0.444 e. The van der Waals surface area contributed by atoms with Crippen molar-refractivity contribution in [3.05, 3.63) is 42.1 Å². The van der Waals surface area contributed by atoms with E-state index in [4.69, 9.17) is 10.2 Å². The van der Waals surface area contributed by atoms with Crippen molar-refractivity contribution >= 4 is 11.4 Å². The second kappa shape index (κ2) is 4.70. The first-order valence-corrected chi connectivity index (χ1v) is 5.31. The Morgan fingerprint density at radius 3 is 2.69 bits per heavy atom. The zero-order chi connectivity index (χ0) is 11.4. The Kier molecular flexibility index (Phi) is 3.10. The van der Waals surface area contributed by atoms with Gasteiger partial charge in [0, 0.05) is 17.8 Å². The number of benzene rings is 1. The molecule has 0 amide bonds. The molecule has 4 heteroatoms. The summed E-state index contributed by atoms with van der Waals surface area (Å²) in [7, 11) is 0. The van der Waals surface area contributed by atoms with Gasteiger partial charge in [-0.3, -0.25) is 0 Å². The van der Waals surface area contributed by atoms with Crippen molar-refractivity contribution in [1.82, 2.24) is 4.98 Å². The number of nitrogens with zero attached hydrogens (tertiary/aromatic N) is 1. The molecule has 1 aromatic heterocycles. The fourth-order valence-electron chi connectivity index (χ4n) is 1.37. The maximum atomic E-state index is 5.60. The van der Waals surface area contributed by atoms with E-state index >= 15 is 0 Å². The monoisotopic (exact) mass is 217 g/mol. The van der Waals surface area contributed by atoms with Crippen LogP contribution in [0.1, 0.15) is 18.6 Å². The van der Waals surface area contributed by atoms with Gasteiger partial charge in [0.15, 0.2) is 0 Å². The third-order valence-electron chi connectivity index (χ3n) is 2.30. The Balaban J connectivity index is 1.94. The third-order valence-corrected chi connectivity index (χ3v) is 2.30. The second-order valence-corrected chi connectivity index (χ2v) is 3.55. The predicted octanol–water partition coefficient (Wildman–Crippen LogP) is 2.43. The summed E-state index contributed by atoms with van der Waals surface area (Å²) in [4.78, 5) is 4.17. The lowest BCUT2D eigenvalue weighted by Gasteiger charge is -2.03. The number of nitrogen functional groups attached to an aromatic ring is 1. The van der Waals surface area contributed by atoms with Gasteiger partial charge in [0.25, 0.3) is 0 Å². The van der Waals surface area contributed by atoms with Crippen molar-refractivity contribution in [2.24, 2.45) is 0 Å². The maximum absolute atomic E-state index is 5.60. The molecule has 4 nitrogen and oxygen atoms in total. The molecule has 2 aromatic rings. The topological polar surface area (TPSA) is 64.1 Å².